The van der Waals surface area contributed by atoms with Crippen molar-refractivity contribution < 1.29 is 18.0 Å². The highest BCUT2D eigenvalue weighted by Crippen LogP contribution is 2.34. The quantitative estimate of drug-likeness (QED) is 0.846. The van der Waals surface area contributed by atoms with Crippen LogP contribution in [0.4, 0.5) is 13.2 Å². The van der Waals surface area contributed by atoms with Gasteiger partial charge in [0.15, 0.2) is 0 Å². The van der Waals surface area contributed by atoms with Crippen LogP contribution >= 0.6 is 12.4 Å². The summed E-state index contributed by atoms with van der Waals surface area (Å²) in [7, 11) is 0. The van der Waals surface area contributed by atoms with E-state index in [9.17, 15) is 18.0 Å². The molecule has 1 heterocycles. The molecule has 1 aliphatic heterocycles. The molecule has 0 unspecified atom stereocenters. The Labute approximate surface area is 129 Å². The van der Waals surface area contributed by atoms with E-state index < -0.39 is 12.1 Å². The van der Waals surface area contributed by atoms with Crippen molar-refractivity contribution in [3.63, 3.8) is 0 Å². The number of piperidine rings is 1. The summed E-state index contributed by atoms with van der Waals surface area (Å²) >= 11 is 0. The molecule has 2 fully saturated rings. The molecular formula is C14H24ClF3N2O. The van der Waals surface area contributed by atoms with E-state index in [-0.39, 0.29) is 50.3 Å². The first-order valence-corrected chi connectivity index (χ1v) is 7.46. The summed E-state index contributed by atoms with van der Waals surface area (Å²) < 4.78 is 37.7. The van der Waals surface area contributed by atoms with Crippen molar-refractivity contribution in [2.24, 2.45) is 17.6 Å². The Morgan fingerprint density at radius 1 is 1.05 bits per heavy atom. The van der Waals surface area contributed by atoms with E-state index in [0.717, 1.165) is 25.7 Å². The molecular weight excluding hydrogens is 305 g/mol. The molecule has 0 aromatic carbocycles. The van der Waals surface area contributed by atoms with Crippen LogP contribution in [0.15, 0.2) is 0 Å². The molecule has 2 N–H and O–H groups in total. The second-order valence-corrected chi connectivity index (χ2v) is 6.18. The third-order valence-corrected chi connectivity index (χ3v) is 4.67. The lowest BCUT2D eigenvalue weighted by Gasteiger charge is -2.34. The lowest BCUT2D eigenvalue weighted by molar-refractivity contribution is -0.186. The van der Waals surface area contributed by atoms with Crippen molar-refractivity contribution in [1.82, 2.24) is 4.90 Å². The lowest BCUT2D eigenvalue weighted by Crippen LogP contribution is -2.42. The van der Waals surface area contributed by atoms with Gasteiger partial charge in [0.25, 0.3) is 0 Å². The van der Waals surface area contributed by atoms with Crippen LogP contribution in [0.2, 0.25) is 0 Å². The lowest BCUT2D eigenvalue weighted by atomic mass is 9.84. The van der Waals surface area contributed by atoms with E-state index in [4.69, 9.17) is 5.73 Å². The minimum absolute atomic E-state index is 0. The minimum atomic E-state index is -4.12. The van der Waals surface area contributed by atoms with Crippen LogP contribution in [-0.4, -0.2) is 36.1 Å². The number of nitrogens with zero attached hydrogens (tertiary/aromatic N) is 1. The first-order valence-electron chi connectivity index (χ1n) is 7.46. The maximum atomic E-state index is 12.6. The molecule has 1 amide bonds. The monoisotopic (exact) mass is 328 g/mol. The van der Waals surface area contributed by atoms with Gasteiger partial charge >= 0.3 is 6.18 Å². The largest absolute Gasteiger partial charge is 0.391 e. The Morgan fingerprint density at radius 2 is 1.57 bits per heavy atom. The fourth-order valence-corrected chi connectivity index (χ4v) is 3.22. The molecule has 21 heavy (non-hydrogen) atoms. The van der Waals surface area contributed by atoms with Crippen molar-refractivity contribution in [3.8, 4) is 0 Å². The zero-order chi connectivity index (χ0) is 14.8. The molecule has 0 aromatic heterocycles. The number of halogens is 4. The number of likely N-dealkylation sites (tertiary alicyclic amines) is 1. The molecule has 1 saturated carbocycles. The summed E-state index contributed by atoms with van der Waals surface area (Å²) in [5.41, 5.74) is 5.82. The molecule has 124 valence electrons. The minimum Gasteiger partial charge on any atom is -0.343 e. The van der Waals surface area contributed by atoms with E-state index in [1.54, 1.807) is 4.90 Å². The molecule has 0 atom stereocenters. The Kier molecular flexibility index (Phi) is 6.78. The van der Waals surface area contributed by atoms with Gasteiger partial charge in [-0.15, -0.1) is 12.4 Å². The number of hydrogen-bond acceptors (Lipinski definition) is 2. The highest BCUT2D eigenvalue weighted by atomic mass is 35.5. The predicted octanol–water partition coefficient (Wildman–Crippen LogP) is 3.12. The maximum absolute atomic E-state index is 12.6. The number of hydrogen-bond donors (Lipinski definition) is 1. The third kappa shape index (κ3) is 5.33. The highest BCUT2D eigenvalue weighted by Gasteiger charge is 2.41. The fourth-order valence-electron chi connectivity index (χ4n) is 3.22. The third-order valence-electron chi connectivity index (χ3n) is 4.67. The van der Waals surface area contributed by atoms with E-state index in [2.05, 4.69) is 0 Å². The van der Waals surface area contributed by atoms with E-state index in [0.29, 0.717) is 12.3 Å². The Morgan fingerprint density at radius 3 is 2.05 bits per heavy atom. The van der Waals surface area contributed by atoms with Crippen LogP contribution in [0, 0.1) is 11.8 Å². The van der Waals surface area contributed by atoms with E-state index >= 15 is 0 Å². The summed E-state index contributed by atoms with van der Waals surface area (Å²) in [4.78, 5) is 13.7. The molecule has 0 bridgehead atoms. The summed E-state index contributed by atoms with van der Waals surface area (Å²) in [6.45, 7) is 0.491. The standard InChI is InChI=1S/C14H23F3N2O.ClH/c15-14(16,17)11-5-7-19(8-6-11)13(20)9-10-1-3-12(18)4-2-10;/h10-12H,1-9,18H2;1H. The summed E-state index contributed by atoms with van der Waals surface area (Å²) in [5, 5.41) is 0. The smallest absolute Gasteiger partial charge is 0.343 e. The van der Waals surface area contributed by atoms with Crippen molar-refractivity contribution in [3.05, 3.63) is 0 Å². The van der Waals surface area contributed by atoms with Gasteiger partial charge in [-0.2, -0.15) is 13.2 Å². The number of nitrogens with two attached hydrogens (primary N) is 1. The first-order chi connectivity index (χ1) is 9.36. The molecule has 3 nitrogen and oxygen atoms in total. The van der Waals surface area contributed by atoms with Gasteiger partial charge in [0, 0.05) is 25.6 Å². The zero-order valence-electron chi connectivity index (χ0n) is 12.1. The SMILES string of the molecule is Cl.NC1CCC(CC(=O)N2CCC(C(F)(F)F)CC2)CC1. The molecule has 0 radical (unpaired) electrons. The molecule has 1 aliphatic carbocycles. The fraction of sp³-hybridized carbons (Fsp3) is 0.929. The molecule has 2 rings (SSSR count). The van der Waals surface area contributed by atoms with Gasteiger partial charge in [0.2, 0.25) is 5.91 Å². The normalized spacial score (nSPS) is 28.1. The average Bonchev–Trinajstić information content (AvgIpc) is 2.40. The Bertz CT molecular complexity index is 336. The number of amides is 1. The van der Waals surface area contributed by atoms with E-state index in [1.807, 2.05) is 0 Å². The van der Waals surface area contributed by atoms with Gasteiger partial charge in [-0.1, -0.05) is 0 Å². The average molecular weight is 329 g/mol. The Hall–Kier alpha value is -0.490. The number of rotatable bonds is 2. The maximum Gasteiger partial charge on any atom is 0.391 e. The van der Waals surface area contributed by atoms with Crippen LogP contribution in [0.5, 0.6) is 0 Å². The number of carbonyl (C=O) groups excluding carboxylic acids is 1. The van der Waals surface area contributed by atoms with Crippen molar-refractivity contribution in [2.45, 2.75) is 57.2 Å². The van der Waals surface area contributed by atoms with Crippen LogP contribution in [0.25, 0.3) is 0 Å². The van der Waals surface area contributed by atoms with Crippen molar-refractivity contribution >= 4 is 18.3 Å². The van der Waals surface area contributed by atoms with Gasteiger partial charge in [0.05, 0.1) is 5.92 Å². The molecule has 0 spiro atoms. The van der Waals surface area contributed by atoms with Gasteiger partial charge in [0.1, 0.15) is 0 Å². The van der Waals surface area contributed by atoms with E-state index in [1.165, 1.54) is 0 Å². The summed E-state index contributed by atoms with van der Waals surface area (Å²) in [6, 6.07) is 0.254. The van der Waals surface area contributed by atoms with Crippen LogP contribution in [-0.2, 0) is 4.79 Å². The van der Waals surface area contributed by atoms with Crippen LogP contribution in [0.1, 0.15) is 44.9 Å². The van der Waals surface area contributed by atoms with Gasteiger partial charge < -0.3 is 10.6 Å². The van der Waals surface area contributed by atoms with Crippen LogP contribution < -0.4 is 5.73 Å². The van der Waals surface area contributed by atoms with Crippen molar-refractivity contribution in [2.75, 3.05) is 13.1 Å². The Balaban J connectivity index is 0.00000220. The summed E-state index contributed by atoms with van der Waals surface area (Å²) in [5.74, 6) is -0.854. The number of carbonyl (C=O) groups is 1. The summed E-state index contributed by atoms with van der Waals surface area (Å²) in [6.07, 6.45) is 0.285. The first kappa shape index (κ1) is 18.6. The molecule has 7 heteroatoms. The predicted molar refractivity (Wildman–Crippen MR) is 77.2 cm³/mol. The van der Waals surface area contributed by atoms with Crippen molar-refractivity contribution in [1.29, 1.82) is 0 Å². The molecule has 0 aromatic rings. The zero-order valence-corrected chi connectivity index (χ0v) is 12.9. The molecule has 2 aliphatic rings. The topological polar surface area (TPSA) is 46.3 Å². The second-order valence-electron chi connectivity index (χ2n) is 6.18. The molecule has 1 saturated heterocycles. The second kappa shape index (κ2) is 7.68. The van der Waals surface area contributed by atoms with Gasteiger partial charge in [-0.05, 0) is 44.4 Å². The van der Waals surface area contributed by atoms with Gasteiger partial charge in [-0.3, -0.25) is 4.79 Å². The highest BCUT2D eigenvalue weighted by molar-refractivity contribution is 5.85. The van der Waals surface area contributed by atoms with Gasteiger partial charge in [-0.25, -0.2) is 0 Å². The van der Waals surface area contributed by atoms with Crippen LogP contribution in [0.3, 0.4) is 0 Å². The number of alkyl halides is 3.